The van der Waals surface area contributed by atoms with E-state index in [1.165, 1.54) is 11.1 Å². The lowest BCUT2D eigenvalue weighted by Gasteiger charge is -2.30. The van der Waals surface area contributed by atoms with Crippen LogP contribution >= 0.6 is 0 Å². The molecule has 0 aromatic heterocycles. The fraction of sp³-hybridized carbons (Fsp3) is 0.400. The van der Waals surface area contributed by atoms with Crippen molar-refractivity contribution in [1.82, 2.24) is 4.31 Å². The fourth-order valence-electron chi connectivity index (χ4n) is 3.66. The van der Waals surface area contributed by atoms with Gasteiger partial charge in [-0.25, -0.2) is 8.42 Å². The van der Waals surface area contributed by atoms with Crippen LogP contribution in [0.2, 0.25) is 0 Å². The Kier molecular flexibility index (Phi) is 4.30. The largest absolute Gasteiger partial charge is 0.243 e. The lowest BCUT2D eigenvalue weighted by atomic mass is 9.95. The zero-order chi connectivity index (χ0) is 17.6. The van der Waals surface area contributed by atoms with Crippen LogP contribution in [0.1, 0.15) is 38.9 Å². The van der Waals surface area contributed by atoms with Gasteiger partial charge in [0.05, 0.1) is 4.90 Å². The molecule has 0 radical (unpaired) electrons. The zero-order valence-electron chi connectivity index (χ0n) is 15.1. The summed E-state index contributed by atoms with van der Waals surface area (Å²) in [6.45, 7) is 11.0. The average molecular weight is 343 g/mol. The van der Waals surface area contributed by atoms with Crippen LogP contribution in [0.25, 0.3) is 0 Å². The monoisotopic (exact) mass is 343 g/mol. The molecule has 0 saturated heterocycles. The lowest BCUT2D eigenvalue weighted by molar-refractivity contribution is 0.390. The molecule has 2 aromatic carbocycles. The van der Waals surface area contributed by atoms with Crippen molar-refractivity contribution in [3.8, 4) is 0 Å². The predicted octanol–water partition coefficient (Wildman–Crippen LogP) is 3.98. The highest BCUT2D eigenvalue weighted by Crippen LogP contribution is 2.33. The van der Waals surface area contributed by atoms with E-state index < -0.39 is 10.0 Å². The van der Waals surface area contributed by atoms with Crippen LogP contribution in [0.5, 0.6) is 0 Å². The van der Waals surface area contributed by atoms with Gasteiger partial charge in [0.2, 0.25) is 10.0 Å². The summed E-state index contributed by atoms with van der Waals surface area (Å²) in [7, 11) is -3.49. The van der Waals surface area contributed by atoms with E-state index in [-0.39, 0.29) is 0 Å². The molecule has 1 aliphatic heterocycles. The lowest BCUT2D eigenvalue weighted by Crippen LogP contribution is -2.36. The molecule has 0 atom stereocenters. The molecule has 1 heterocycles. The molecule has 0 N–H and O–H groups in total. The molecule has 0 aliphatic carbocycles. The fourth-order valence-corrected chi connectivity index (χ4v) is 5.64. The quantitative estimate of drug-likeness (QED) is 0.827. The summed E-state index contributed by atoms with van der Waals surface area (Å²) in [6, 6.07) is 8.12. The summed E-state index contributed by atoms with van der Waals surface area (Å²) in [6.07, 6.45) is 0.775. The van der Waals surface area contributed by atoms with Gasteiger partial charge in [0.25, 0.3) is 0 Å². The molecule has 0 bridgehead atoms. The second-order valence-corrected chi connectivity index (χ2v) is 8.69. The second-order valence-electron chi connectivity index (χ2n) is 6.81. The first kappa shape index (κ1) is 17.2. The normalized spacial score (nSPS) is 15.4. The second kappa shape index (κ2) is 6.01. The Morgan fingerprint density at radius 1 is 0.792 bits per heavy atom. The Bertz CT molecular complexity index is 884. The summed E-state index contributed by atoms with van der Waals surface area (Å²) in [5, 5.41) is 0. The standard InChI is InChI=1S/C20H25NO2S/c1-13-14(2)16(4)20(17(5)15(13)3)24(22,23)21-11-10-18-8-6-7-9-19(18)12-21/h6-9H,10-12H2,1-5H3. The van der Waals surface area contributed by atoms with Crippen LogP contribution in [0.4, 0.5) is 0 Å². The number of hydrogen-bond donors (Lipinski definition) is 0. The number of nitrogens with zero attached hydrogens (tertiary/aromatic N) is 1. The Morgan fingerprint density at radius 2 is 1.29 bits per heavy atom. The molecule has 0 fully saturated rings. The third-order valence-electron chi connectivity index (χ3n) is 5.62. The van der Waals surface area contributed by atoms with Crippen LogP contribution in [0, 0.1) is 34.6 Å². The van der Waals surface area contributed by atoms with Crippen LogP contribution in [0.15, 0.2) is 29.2 Å². The minimum Gasteiger partial charge on any atom is -0.207 e. The SMILES string of the molecule is Cc1c(C)c(C)c(S(=O)(=O)N2CCc3ccccc3C2)c(C)c1C. The molecule has 4 heteroatoms. The van der Waals surface area contributed by atoms with Gasteiger partial charge < -0.3 is 0 Å². The summed E-state index contributed by atoms with van der Waals surface area (Å²) >= 11 is 0. The van der Waals surface area contributed by atoms with E-state index in [0.717, 1.165) is 34.2 Å². The van der Waals surface area contributed by atoms with Crippen LogP contribution in [-0.4, -0.2) is 19.3 Å². The van der Waals surface area contributed by atoms with Crippen LogP contribution in [-0.2, 0) is 23.0 Å². The molecule has 24 heavy (non-hydrogen) atoms. The average Bonchev–Trinajstić information content (AvgIpc) is 2.57. The minimum absolute atomic E-state index is 0.462. The molecule has 0 spiro atoms. The van der Waals surface area contributed by atoms with E-state index in [0.29, 0.717) is 18.0 Å². The first-order valence-corrected chi connectivity index (χ1v) is 9.83. The highest BCUT2D eigenvalue weighted by molar-refractivity contribution is 7.89. The third-order valence-corrected chi connectivity index (χ3v) is 7.74. The summed E-state index contributed by atoms with van der Waals surface area (Å²) in [5.41, 5.74) is 7.48. The third kappa shape index (κ3) is 2.58. The molecular formula is C20H25NO2S. The van der Waals surface area contributed by atoms with E-state index in [1.807, 2.05) is 45.9 Å². The van der Waals surface area contributed by atoms with Crippen LogP contribution < -0.4 is 0 Å². The first-order chi connectivity index (χ1) is 11.2. The topological polar surface area (TPSA) is 37.4 Å². The Labute approximate surface area is 145 Å². The van der Waals surface area contributed by atoms with Crippen LogP contribution in [0.3, 0.4) is 0 Å². The van der Waals surface area contributed by atoms with E-state index in [9.17, 15) is 8.42 Å². The zero-order valence-corrected chi connectivity index (χ0v) is 15.9. The highest BCUT2D eigenvalue weighted by Gasteiger charge is 2.32. The van der Waals surface area contributed by atoms with Crippen molar-refractivity contribution in [1.29, 1.82) is 0 Å². The van der Waals surface area contributed by atoms with Gasteiger partial charge in [-0.1, -0.05) is 24.3 Å². The summed E-state index contributed by atoms with van der Waals surface area (Å²) < 4.78 is 28.4. The van der Waals surface area contributed by atoms with Crippen molar-refractivity contribution < 1.29 is 8.42 Å². The first-order valence-electron chi connectivity index (χ1n) is 8.39. The van der Waals surface area contributed by atoms with E-state index >= 15 is 0 Å². The van der Waals surface area contributed by atoms with Gasteiger partial charge in [-0.2, -0.15) is 4.31 Å². The Balaban J connectivity index is 2.11. The number of benzene rings is 2. The predicted molar refractivity (Wildman–Crippen MR) is 97.9 cm³/mol. The Hall–Kier alpha value is -1.65. The number of hydrogen-bond acceptors (Lipinski definition) is 2. The number of sulfonamides is 1. The molecule has 3 nitrogen and oxygen atoms in total. The molecule has 0 unspecified atom stereocenters. The highest BCUT2D eigenvalue weighted by atomic mass is 32.2. The van der Waals surface area contributed by atoms with Crippen molar-refractivity contribution in [2.45, 2.75) is 52.5 Å². The van der Waals surface area contributed by atoms with Gasteiger partial charge in [0.15, 0.2) is 0 Å². The van der Waals surface area contributed by atoms with Gasteiger partial charge in [0, 0.05) is 13.1 Å². The maximum atomic E-state index is 13.4. The van der Waals surface area contributed by atoms with E-state index in [1.54, 1.807) is 4.31 Å². The van der Waals surface area contributed by atoms with Gasteiger partial charge >= 0.3 is 0 Å². The molecule has 0 saturated carbocycles. The molecule has 3 rings (SSSR count). The van der Waals surface area contributed by atoms with Crippen molar-refractivity contribution in [3.63, 3.8) is 0 Å². The maximum absolute atomic E-state index is 13.4. The minimum atomic E-state index is -3.49. The Morgan fingerprint density at radius 3 is 1.88 bits per heavy atom. The van der Waals surface area contributed by atoms with Gasteiger partial charge in [-0.3, -0.25) is 0 Å². The number of fused-ring (bicyclic) bond motifs is 1. The molecule has 1 aliphatic rings. The number of rotatable bonds is 2. The van der Waals surface area contributed by atoms with Gasteiger partial charge in [0.1, 0.15) is 0 Å². The summed E-state index contributed by atoms with van der Waals surface area (Å²) in [4.78, 5) is 0.502. The van der Waals surface area contributed by atoms with Crippen molar-refractivity contribution in [2.75, 3.05) is 6.54 Å². The smallest absolute Gasteiger partial charge is 0.207 e. The summed E-state index contributed by atoms with van der Waals surface area (Å²) in [5.74, 6) is 0. The molecule has 128 valence electrons. The molecule has 0 amide bonds. The van der Waals surface area contributed by atoms with Gasteiger partial charge in [-0.15, -0.1) is 0 Å². The molecule has 2 aromatic rings. The van der Waals surface area contributed by atoms with E-state index in [4.69, 9.17) is 0 Å². The van der Waals surface area contributed by atoms with Gasteiger partial charge in [-0.05, 0) is 80.0 Å². The molecular weight excluding hydrogens is 318 g/mol. The van der Waals surface area contributed by atoms with Crippen molar-refractivity contribution in [3.05, 3.63) is 63.2 Å². The van der Waals surface area contributed by atoms with Crippen molar-refractivity contribution >= 4 is 10.0 Å². The van der Waals surface area contributed by atoms with Crippen molar-refractivity contribution in [2.24, 2.45) is 0 Å². The van der Waals surface area contributed by atoms with E-state index in [2.05, 4.69) is 13.0 Å². The maximum Gasteiger partial charge on any atom is 0.243 e.